The van der Waals surface area contributed by atoms with E-state index in [1.807, 2.05) is 36.7 Å². The first-order valence-electron chi connectivity index (χ1n) is 7.34. The molecule has 2 heterocycles. The van der Waals surface area contributed by atoms with E-state index in [1.54, 1.807) is 6.92 Å². The van der Waals surface area contributed by atoms with Gasteiger partial charge in [-0.1, -0.05) is 18.2 Å². The third kappa shape index (κ3) is 2.46. The van der Waals surface area contributed by atoms with Crippen molar-refractivity contribution < 1.29 is 9.53 Å². The molecule has 4 nitrogen and oxygen atoms in total. The van der Waals surface area contributed by atoms with Gasteiger partial charge in [-0.25, -0.2) is 0 Å². The molecule has 0 N–H and O–H groups in total. The number of Topliss-reactive ketones (excluding diaryl/α,β-unsaturated/α-hetero) is 1. The number of fused-ring (bicyclic) bond motifs is 1. The number of carbonyl (C=O) groups excluding carboxylic acids is 1. The van der Waals surface area contributed by atoms with Crippen LogP contribution in [0.5, 0.6) is 5.75 Å². The Morgan fingerprint density at radius 3 is 2.86 bits per heavy atom. The molecule has 0 bridgehead atoms. The van der Waals surface area contributed by atoms with Crippen LogP contribution < -0.4 is 4.74 Å². The Labute approximate surface area is 124 Å². The van der Waals surface area contributed by atoms with Gasteiger partial charge in [-0.2, -0.15) is 5.10 Å². The second kappa shape index (κ2) is 5.35. The molecule has 3 rings (SSSR count). The third-order valence-corrected chi connectivity index (χ3v) is 4.21. The summed E-state index contributed by atoms with van der Waals surface area (Å²) in [6.07, 6.45) is 0.977. The number of hydrogen-bond acceptors (Lipinski definition) is 3. The zero-order valence-corrected chi connectivity index (χ0v) is 12.7. The van der Waals surface area contributed by atoms with E-state index in [9.17, 15) is 4.79 Å². The van der Waals surface area contributed by atoms with Crippen LogP contribution in [0.2, 0.25) is 0 Å². The summed E-state index contributed by atoms with van der Waals surface area (Å²) in [5.41, 5.74) is 3.78. The summed E-state index contributed by atoms with van der Waals surface area (Å²) in [6, 6.07) is 8.18. The van der Waals surface area contributed by atoms with Crippen LogP contribution in [-0.2, 0) is 6.54 Å². The maximum atomic E-state index is 11.7. The Balaban J connectivity index is 1.92. The topological polar surface area (TPSA) is 44.1 Å². The molecule has 1 aromatic carbocycles. The van der Waals surface area contributed by atoms with Crippen LogP contribution in [0.15, 0.2) is 24.3 Å². The van der Waals surface area contributed by atoms with Crippen molar-refractivity contribution in [1.29, 1.82) is 0 Å². The van der Waals surface area contributed by atoms with Gasteiger partial charge >= 0.3 is 0 Å². The van der Waals surface area contributed by atoms with Gasteiger partial charge in [0.1, 0.15) is 5.75 Å². The van der Waals surface area contributed by atoms with Crippen LogP contribution in [0.3, 0.4) is 0 Å². The van der Waals surface area contributed by atoms with E-state index in [0.717, 1.165) is 42.3 Å². The average Bonchev–Trinajstić information content (AvgIpc) is 2.74. The molecule has 110 valence electrons. The lowest BCUT2D eigenvalue weighted by atomic mass is 9.93. The maximum absolute atomic E-state index is 11.7. The van der Waals surface area contributed by atoms with E-state index in [4.69, 9.17) is 4.74 Å². The van der Waals surface area contributed by atoms with Gasteiger partial charge in [-0.3, -0.25) is 9.48 Å². The second-order valence-electron chi connectivity index (χ2n) is 5.66. The van der Waals surface area contributed by atoms with Crippen molar-refractivity contribution in [3.8, 4) is 5.75 Å². The zero-order chi connectivity index (χ0) is 15.0. The van der Waals surface area contributed by atoms with Gasteiger partial charge in [0.05, 0.1) is 17.9 Å². The molecule has 0 spiro atoms. The summed E-state index contributed by atoms with van der Waals surface area (Å²) in [4.78, 5) is 11.7. The lowest BCUT2D eigenvalue weighted by Gasteiger charge is -2.26. The van der Waals surface area contributed by atoms with E-state index >= 15 is 0 Å². The largest absolute Gasteiger partial charge is 0.493 e. The van der Waals surface area contributed by atoms with Crippen LogP contribution >= 0.6 is 0 Å². The number of aryl methyl sites for hydroxylation is 1. The molecule has 1 unspecified atom stereocenters. The smallest absolute Gasteiger partial charge is 0.163 e. The Hall–Kier alpha value is -2.10. The summed E-state index contributed by atoms with van der Waals surface area (Å²) in [5, 5.41) is 4.55. The minimum absolute atomic E-state index is 0.0867. The molecule has 1 aliphatic rings. The fourth-order valence-corrected chi connectivity index (χ4v) is 3.20. The highest BCUT2D eigenvalue weighted by Gasteiger charge is 2.24. The Kier molecular flexibility index (Phi) is 3.53. The highest BCUT2D eigenvalue weighted by atomic mass is 16.5. The summed E-state index contributed by atoms with van der Waals surface area (Å²) in [5.74, 6) is 1.44. The third-order valence-electron chi connectivity index (χ3n) is 4.21. The van der Waals surface area contributed by atoms with Gasteiger partial charge in [-0.15, -0.1) is 0 Å². The molecule has 0 aliphatic carbocycles. The minimum Gasteiger partial charge on any atom is -0.493 e. The Morgan fingerprint density at radius 2 is 2.14 bits per heavy atom. The predicted octanol–water partition coefficient (Wildman–Crippen LogP) is 3.27. The normalized spacial score (nSPS) is 17.2. The quantitative estimate of drug-likeness (QED) is 0.813. The number of nitrogens with zero attached hydrogens (tertiary/aromatic N) is 2. The fourth-order valence-electron chi connectivity index (χ4n) is 3.20. The number of benzene rings is 1. The highest BCUT2D eigenvalue weighted by molar-refractivity contribution is 5.96. The summed E-state index contributed by atoms with van der Waals surface area (Å²) >= 11 is 0. The molecule has 21 heavy (non-hydrogen) atoms. The van der Waals surface area contributed by atoms with Crippen molar-refractivity contribution >= 4 is 5.78 Å². The van der Waals surface area contributed by atoms with Gasteiger partial charge in [-0.05, 0) is 38.8 Å². The maximum Gasteiger partial charge on any atom is 0.163 e. The molecule has 0 amide bonds. The van der Waals surface area contributed by atoms with Crippen molar-refractivity contribution in [3.63, 3.8) is 0 Å². The zero-order valence-electron chi connectivity index (χ0n) is 12.7. The monoisotopic (exact) mass is 284 g/mol. The second-order valence-corrected chi connectivity index (χ2v) is 5.66. The molecular formula is C17H20N2O2. The Morgan fingerprint density at radius 1 is 1.38 bits per heavy atom. The first-order valence-corrected chi connectivity index (χ1v) is 7.34. The highest BCUT2D eigenvalue weighted by Crippen LogP contribution is 2.34. The lowest BCUT2D eigenvalue weighted by molar-refractivity contribution is 0.101. The number of ether oxygens (including phenoxy) is 1. The molecule has 1 atom stereocenters. The molecule has 0 radical (unpaired) electrons. The number of para-hydroxylation sites is 1. The van der Waals surface area contributed by atoms with Gasteiger partial charge < -0.3 is 4.74 Å². The van der Waals surface area contributed by atoms with Crippen molar-refractivity contribution in [3.05, 3.63) is 46.8 Å². The molecule has 0 fully saturated rings. The van der Waals surface area contributed by atoms with E-state index < -0.39 is 0 Å². The average molecular weight is 284 g/mol. The van der Waals surface area contributed by atoms with Crippen LogP contribution in [0.4, 0.5) is 0 Å². The number of hydrogen-bond donors (Lipinski definition) is 0. The molecule has 4 heteroatoms. The lowest BCUT2D eigenvalue weighted by Crippen LogP contribution is -2.19. The molecule has 0 saturated carbocycles. The first kappa shape index (κ1) is 13.9. The molecule has 1 aliphatic heterocycles. The molecule has 1 aromatic heterocycles. The van der Waals surface area contributed by atoms with Crippen LogP contribution in [0, 0.1) is 13.8 Å². The van der Waals surface area contributed by atoms with Crippen LogP contribution in [0.25, 0.3) is 0 Å². The van der Waals surface area contributed by atoms with Crippen molar-refractivity contribution in [2.75, 3.05) is 6.61 Å². The first-order chi connectivity index (χ1) is 10.1. The van der Waals surface area contributed by atoms with Crippen molar-refractivity contribution in [1.82, 2.24) is 9.78 Å². The number of carbonyl (C=O) groups is 1. The number of rotatable bonds is 3. The number of ketones is 1. The fraction of sp³-hybridized carbons (Fsp3) is 0.412. The summed E-state index contributed by atoms with van der Waals surface area (Å²) < 4.78 is 7.68. The minimum atomic E-state index is 0.0867. The molecule has 2 aromatic rings. The Bertz CT molecular complexity index is 688. The van der Waals surface area contributed by atoms with Gasteiger partial charge in [0.2, 0.25) is 0 Å². The standard InChI is InChI=1S/C17H20N2O2/c1-11-17(13(3)20)12(2)19(18-11)10-14-8-9-21-16-7-5-4-6-15(14)16/h4-7,14H,8-10H2,1-3H3. The summed E-state index contributed by atoms with van der Waals surface area (Å²) in [6.45, 7) is 7.01. The number of aromatic nitrogens is 2. The molecule has 0 saturated heterocycles. The van der Waals surface area contributed by atoms with E-state index in [2.05, 4.69) is 11.2 Å². The summed E-state index contributed by atoms with van der Waals surface area (Å²) in [7, 11) is 0. The predicted molar refractivity (Wildman–Crippen MR) is 81.0 cm³/mol. The van der Waals surface area contributed by atoms with E-state index in [0.29, 0.717) is 5.92 Å². The van der Waals surface area contributed by atoms with Crippen LogP contribution in [0.1, 0.15) is 46.6 Å². The van der Waals surface area contributed by atoms with Crippen molar-refractivity contribution in [2.45, 2.75) is 39.7 Å². The van der Waals surface area contributed by atoms with E-state index in [1.165, 1.54) is 5.56 Å². The van der Waals surface area contributed by atoms with Gasteiger partial charge in [0.25, 0.3) is 0 Å². The SMILES string of the molecule is CC(=O)c1c(C)nn(CC2CCOc3ccccc32)c1C. The van der Waals surface area contributed by atoms with Gasteiger partial charge in [0.15, 0.2) is 5.78 Å². The van der Waals surface area contributed by atoms with E-state index in [-0.39, 0.29) is 5.78 Å². The van der Waals surface area contributed by atoms with Crippen molar-refractivity contribution in [2.24, 2.45) is 0 Å². The van der Waals surface area contributed by atoms with Crippen LogP contribution in [-0.4, -0.2) is 22.2 Å². The van der Waals surface area contributed by atoms with Gasteiger partial charge in [0, 0.05) is 18.2 Å². The molecular weight excluding hydrogens is 264 g/mol.